The minimum Gasteiger partial charge on any atom is -0.466 e. The van der Waals surface area contributed by atoms with Crippen molar-refractivity contribution >= 4 is 18.0 Å². The van der Waals surface area contributed by atoms with Crippen molar-refractivity contribution in [3.63, 3.8) is 0 Å². The lowest BCUT2D eigenvalue weighted by atomic mass is 9.84. The van der Waals surface area contributed by atoms with Gasteiger partial charge in [0.15, 0.2) is 0 Å². The van der Waals surface area contributed by atoms with Crippen LogP contribution in [0.1, 0.15) is 34.6 Å². The number of nitrogens with zero attached hydrogens (tertiary/aromatic N) is 2. The summed E-state index contributed by atoms with van der Waals surface area (Å²) in [6.45, 7) is 8.89. The van der Waals surface area contributed by atoms with E-state index in [1.54, 1.807) is 34.6 Å². The van der Waals surface area contributed by atoms with E-state index in [1.807, 2.05) is 6.07 Å². The summed E-state index contributed by atoms with van der Waals surface area (Å²) in [7, 11) is 0. The predicted molar refractivity (Wildman–Crippen MR) is 87.2 cm³/mol. The molecule has 25 heavy (non-hydrogen) atoms. The lowest BCUT2D eigenvalue weighted by Gasteiger charge is -2.24. The number of hydrogen-bond donors (Lipinski definition) is 0. The lowest BCUT2D eigenvalue weighted by molar-refractivity contribution is -0.152. The molecule has 0 aromatic rings. The maximum atomic E-state index is 12.3. The maximum absolute atomic E-state index is 12.3. The first-order chi connectivity index (χ1) is 11.6. The van der Waals surface area contributed by atoms with Gasteiger partial charge >= 0.3 is 18.0 Å². The molecule has 0 bridgehead atoms. The van der Waals surface area contributed by atoms with Gasteiger partial charge in [-0.25, -0.2) is 4.79 Å². The van der Waals surface area contributed by atoms with Gasteiger partial charge in [0, 0.05) is 19.0 Å². The number of hydrogen-bond acceptors (Lipinski definition) is 7. The molecular weight excluding hydrogens is 328 g/mol. The van der Waals surface area contributed by atoms with Gasteiger partial charge < -0.3 is 19.1 Å². The molecule has 0 saturated carbocycles. The summed E-state index contributed by atoms with van der Waals surface area (Å²) in [4.78, 5) is 37.9. The van der Waals surface area contributed by atoms with Gasteiger partial charge in [-0.05, 0) is 34.6 Å². The molecule has 1 heterocycles. The van der Waals surface area contributed by atoms with Crippen molar-refractivity contribution in [3.8, 4) is 6.07 Å². The fourth-order valence-electron chi connectivity index (χ4n) is 2.70. The number of ether oxygens (including phenoxy) is 3. The molecule has 0 radical (unpaired) electrons. The first kappa shape index (κ1) is 20.7. The zero-order valence-electron chi connectivity index (χ0n) is 15.4. The van der Waals surface area contributed by atoms with Crippen molar-refractivity contribution in [3.05, 3.63) is 0 Å². The van der Waals surface area contributed by atoms with E-state index in [0.717, 1.165) is 0 Å². The Balaban J connectivity index is 3.02. The fourth-order valence-corrected chi connectivity index (χ4v) is 2.70. The van der Waals surface area contributed by atoms with Crippen LogP contribution >= 0.6 is 0 Å². The van der Waals surface area contributed by atoms with Crippen LogP contribution in [-0.2, 0) is 23.8 Å². The molecule has 1 rings (SSSR count). The number of esters is 2. The monoisotopic (exact) mass is 354 g/mol. The van der Waals surface area contributed by atoms with Crippen LogP contribution in [0.5, 0.6) is 0 Å². The van der Waals surface area contributed by atoms with E-state index in [-0.39, 0.29) is 26.3 Å². The van der Waals surface area contributed by atoms with Crippen molar-refractivity contribution in [1.29, 1.82) is 5.26 Å². The minimum atomic E-state index is -1.15. The number of rotatable bonds is 5. The lowest BCUT2D eigenvalue weighted by Crippen LogP contribution is -2.36. The van der Waals surface area contributed by atoms with Crippen molar-refractivity contribution in [1.82, 2.24) is 4.90 Å². The number of likely N-dealkylation sites (tertiary alicyclic amines) is 1. The summed E-state index contributed by atoms with van der Waals surface area (Å²) in [5.74, 6) is -3.86. The number of carbonyl (C=O) groups is 3. The molecule has 1 aliphatic heterocycles. The second-order valence-electron chi connectivity index (χ2n) is 6.77. The van der Waals surface area contributed by atoms with Crippen LogP contribution in [0.4, 0.5) is 4.79 Å². The highest BCUT2D eigenvalue weighted by Gasteiger charge is 2.48. The molecule has 1 saturated heterocycles. The van der Waals surface area contributed by atoms with Crippen LogP contribution < -0.4 is 0 Å². The molecular formula is C17H26N2O6. The molecule has 0 aromatic heterocycles. The van der Waals surface area contributed by atoms with E-state index in [4.69, 9.17) is 14.2 Å². The van der Waals surface area contributed by atoms with E-state index in [9.17, 15) is 19.6 Å². The van der Waals surface area contributed by atoms with E-state index >= 15 is 0 Å². The summed E-state index contributed by atoms with van der Waals surface area (Å²) >= 11 is 0. The maximum Gasteiger partial charge on any atom is 0.410 e. The summed E-state index contributed by atoms with van der Waals surface area (Å²) < 4.78 is 15.3. The molecule has 8 nitrogen and oxygen atoms in total. The van der Waals surface area contributed by atoms with Gasteiger partial charge in [0.1, 0.15) is 11.5 Å². The first-order valence-corrected chi connectivity index (χ1v) is 8.35. The Morgan fingerprint density at radius 2 is 1.76 bits per heavy atom. The average molecular weight is 354 g/mol. The standard InChI is InChI=1S/C17H26N2O6/c1-6-23-14(20)11(8-18)12-9-19(16(22)25-17(3,4)5)10-13(12)15(21)24-7-2/h11-13H,6-7,9-10H2,1-5H3. The Morgan fingerprint density at radius 1 is 1.16 bits per heavy atom. The van der Waals surface area contributed by atoms with Crippen molar-refractivity contribution in [2.75, 3.05) is 26.3 Å². The molecule has 3 unspecified atom stereocenters. The molecule has 3 atom stereocenters. The predicted octanol–water partition coefficient (Wildman–Crippen LogP) is 1.74. The van der Waals surface area contributed by atoms with Crippen molar-refractivity contribution in [2.45, 2.75) is 40.2 Å². The first-order valence-electron chi connectivity index (χ1n) is 8.35. The summed E-state index contributed by atoms with van der Waals surface area (Å²) in [6, 6.07) is 1.90. The van der Waals surface area contributed by atoms with E-state index < -0.39 is 41.4 Å². The van der Waals surface area contributed by atoms with Crippen LogP contribution in [0.25, 0.3) is 0 Å². The third kappa shape index (κ3) is 5.62. The van der Waals surface area contributed by atoms with Crippen molar-refractivity contribution < 1.29 is 28.6 Å². The molecule has 1 amide bonds. The van der Waals surface area contributed by atoms with Gasteiger partial charge in [-0.1, -0.05) is 0 Å². The Kier molecular flexibility index (Phi) is 7.22. The van der Waals surface area contributed by atoms with Gasteiger partial charge in [-0.2, -0.15) is 5.26 Å². The number of amides is 1. The molecule has 0 N–H and O–H groups in total. The number of nitriles is 1. The zero-order valence-corrected chi connectivity index (χ0v) is 15.4. The largest absolute Gasteiger partial charge is 0.466 e. The highest BCUT2D eigenvalue weighted by Crippen LogP contribution is 2.32. The van der Waals surface area contributed by atoms with Gasteiger partial charge in [0.25, 0.3) is 0 Å². The van der Waals surface area contributed by atoms with E-state index in [1.165, 1.54) is 4.90 Å². The average Bonchev–Trinajstić information content (AvgIpc) is 2.92. The summed E-state index contributed by atoms with van der Waals surface area (Å²) in [5.41, 5.74) is -0.690. The van der Waals surface area contributed by atoms with Gasteiger partial charge in [0.05, 0.1) is 25.2 Å². The SMILES string of the molecule is CCOC(=O)C(C#N)C1CN(C(=O)OC(C)(C)C)CC1C(=O)OCC. The van der Waals surface area contributed by atoms with E-state index in [0.29, 0.717) is 0 Å². The molecule has 140 valence electrons. The molecule has 1 aliphatic rings. The van der Waals surface area contributed by atoms with Crippen LogP contribution in [0.2, 0.25) is 0 Å². The van der Waals surface area contributed by atoms with Crippen LogP contribution in [0.3, 0.4) is 0 Å². The van der Waals surface area contributed by atoms with Crippen LogP contribution in [0.15, 0.2) is 0 Å². The molecule has 1 fully saturated rings. The van der Waals surface area contributed by atoms with Crippen LogP contribution in [0, 0.1) is 29.1 Å². The van der Waals surface area contributed by atoms with Gasteiger partial charge in [-0.15, -0.1) is 0 Å². The topological polar surface area (TPSA) is 106 Å². The molecule has 8 heteroatoms. The smallest absolute Gasteiger partial charge is 0.410 e. The molecule has 0 aliphatic carbocycles. The highest BCUT2D eigenvalue weighted by molar-refractivity contribution is 5.80. The van der Waals surface area contributed by atoms with Crippen LogP contribution in [-0.4, -0.2) is 54.8 Å². The zero-order chi connectivity index (χ0) is 19.2. The minimum absolute atomic E-state index is 0.0377. The van der Waals surface area contributed by atoms with E-state index in [2.05, 4.69) is 0 Å². The third-order valence-corrected chi connectivity index (χ3v) is 3.71. The second kappa shape index (κ2) is 8.70. The molecule has 0 spiro atoms. The van der Waals surface area contributed by atoms with Crippen molar-refractivity contribution in [2.24, 2.45) is 17.8 Å². The Labute approximate surface area is 148 Å². The summed E-state index contributed by atoms with van der Waals surface area (Å²) in [5, 5.41) is 9.39. The number of carbonyl (C=O) groups excluding carboxylic acids is 3. The fraction of sp³-hybridized carbons (Fsp3) is 0.765. The summed E-state index contributed by atoms with van der Waals surface area (Å²) in [6.07, 6.45) is -0.593. The second-order valence-corrected chi connectivity index (χ2v) is 6.77. The van der Waals surface area contributed by atoms with Gasteiger partial charge in [-0.3, -0.25) is 9.59 Å². The Hall–Kier alpha value is -2.30. The van der Waals surface area contributed by atoms with Gasteiger partial charge in [0.2, 0.25) is 0 Å². The third-order valence-electron chi connectivity index (χ3n) is 3.71. The Bertz CT molecular complexity index is 548. The Morgan fingerprint density at radius 3 is 2.24 bits per heavy atom. The molecule has 0 aromatic carbocycles. The highest BCUT2D eigenvalue weighted by atomic mass is 16.6. The normalized spacial score (nSPS) is 21.2. The quantitative estimate of drug-likeness (QED) is 0.547.